The van der Waals surface area contributed by atoms with Gasteiger partial charge in [0, 0.05) is 42.7 Å². The first-order chi connectivity index (χ1) is 20.5. The van der Waals surface area contributed by atoms with Gasteiger partial charge in [0.2, 0.25) is 0 Å². The van der Waals surface area contributed by atoms with Crippen molar-refractivity contribution in [3.63, 3.8) is 0 Å². The van der Waals surface area contributed by atoms with E-state index in [1.807, 2.05) is 0 Å². The lowest BCUT2D eigenvalue weighted by Crippen LogP contribution is -2.37. The van der Waals surface area contributed by atoms with Crippen LogP contribution in [-0.4, -0.2) is 29.1 Å². The number of nitro groups is 1. The van der Waals surface area contributed by atoms with Gasteiger partial charge in [0.1, 0.15) is 0 Å². The summed E-state index contributed by atoms with van der Waals surface area (Å²) >= 11 is 1.25. The molecule has 3 aliphatic rings. The number of benzene rings is 4. The molecule has 1 fully saturated rings. The second kappa shape index (κ2) is 10.9. The van der Waals surface area contributed by atoms with Crippen molar-refractivity contribution in [1.82, 2.24) is 5.32 Å². The number of aliphatic imine (C=N–C) groups is 1. The maximum absolute atomic E-state index is 12.9. The lowest BCUT2D eigenvalue weighted by atomic mass is 9.76. The van der Waals surface area contributed by atoms with Crippen LogP contribution in [-0.2, 0) is 4.79 Å². The molecule has 3 heterocycles. The molecule has 0 saturated carbocycles. The van der Waals surface area contributed by atoms with E-state index in [4.69, 9.17) is 4.99 Å². The highest BCUT2D eigenvalue weighted by atomic mass is 32.2. The van der Waals surface area contributed by atoms with E-state index in [1.165, 1.54) is 51.8 Å². The summed E-state index contributed by atoms with van der Waals surface area (Å²) < 4.78 is 0. The molecule has 3 aliphatic heterocycles. The van der Waals surface area contributed by atoms with E-state index >= 15 is 0 Å². The summed E-state index contributed by atoms with van der Waals surface area (Å²) in [4.78, 5) is 31.5. The van der Waals surface area contributed by atoms with Gasteiger partial charge in [-0.1, -0.05) is 72.8 Å². The minimum absolute atomic E-state index is 0.0142. The Balaban J connectivity index is 1.30. The first kappa shape index (κ1) is 26.2. The van der Waals surface area contributed by atoms with Crippen molar-refractivity contribution < 1.29 is 9.72 Å². The Hall–Kier alpha value is -4.69. The van der Waals surface area contributed by atoms with Crippen LogP contribution in [0.2, 0.25) is 0 Å². The summed E-state index contributed by atoms with van der Waals surface area (Å²) in [7, 11) is 0. The van der Waals surface area contributed by atoms with Crippen LogP contribution < -0.4 is 10.2 Å². The average Bonchev–Trinajstić information content (AvgIpc) is 3.36. The van der Waals surface area contributed by atoms with Crippen molar-refractivity contribution >= 4 is 46.0 Å². The van der Waals surface area contributed by atoms with Gasteiger partial charge in [0.15, 0.2) is 5.17 Å². The lowest BCUT2D eigenvalue weighted by Gasteiger charge is -2.43. The van der Waals surface area contributed by atoms with Crippen molar-refractivity contribution in [1.29, 1.82) is 0 Å². The summed E-state index contributed by atoms with van der Waals surface area (Å²) in [6.07, 6.45) is 3.74. The molecule has 0 bridgehead atoms. The second-order valence-electron chi connectivity index (χ2n) is 10.8. The molecule has 0 unspecified atom stereocenters. The molecule has 7 nitrogen and oxygen atoms in total. The van der Waals surface area contributed by atoms with E-state index in [2.05, 4.69) is 83.0 Å². The van der Waals surface area contributed by atoms with Gasteiger partial charge in [-0.15, -0.1) is 0 Å². The third-order valence-electron chi connectivity index (χ3n) is 8.26. The zero-order chi connectivity index (χ0) is 28.6. The van der Waals surface area contributed by atoms with Gasteiger partial charge in [0.05, 0.1) is 15.5 Å². The molecule has 0 spiro atoms. The van der Waals surface area contributed by atoms with Crippen LogP contribution in [0.1, 0.15) is 52.5 Å². The largest absolute Gasteiger partial charge is 0.371 e. The maximum Gasteiger partial charge on any atom is 0.270 e. The average molecular weight is 573 g/mol. The molecule has 7 rings (SSSR count). The topological polar surface area (TPSA) is 87.8 Å². The number of rotatable bonds is 5. The van der Waals surface area contributed by atoms with Gasteiger partial charge in [-0.25, -0.2) is 4.99 Å². The number of hydrogen-bond acceptors (Lipinski definition) is 6. The first-order valence-corrected chi connectivity index (χ1v) is 14.9. The van der Waals surface area contributed by atoms with Crippen LogP contribution in [0.5, 0.6) is 0 Å². The molecule has 8 heteroatoms. The highest BCUT2D eigenvalue weighted by molar-refractivity contribution is 8.18. The van der Waals surface area contributed by atoms with E-state index in [9.17, 15) is 14.9 Å². The fourth-order valence-corrected chi connectivity index (χ4v) is 7.22. The monoisotopic (exact) mass is 572 g/mol. The molecule has 0 aliphatic carbocycles. The Bertz CT molecular complexity index is 1680. The van der Waals surface area contributed by atoms with Gasteiger partial charge in [-0.05, 0) is 70.6 Å². The summed E-state index contributed by atoms with van der Waals surface area (Å²) in [6, 6.07) is 32.0. The normalized spacial score (nSPS) is 21.3. The standard InChI is InChI=1S/C34H28N4O3S/c39-33-31(19-22-8-7-13-26(18-22)38(40)41)42-34(36-33)35-25-20-29-27(23-9-3-1-4-10-23)14-16-37-17-15-28(30(21-25)32(29)37)24-11-5-2-6-12-24/h1-13,18-21,27-28H,14-17H2,(H,35,36,39)/b31-19-/t27-,28+. The van der Waals surface area contributed by atoms with Gasteiger partial charge in [0.25, 0.3) is 11.6 Å². The van der Waals surface area contributed by atoms with Gasteiger partial charge < -0.3 is 10.2 Å². The summed E-state index contributed by atoms with van der Waals surface area (Å²) in [5, 5.41) is 14.6. The minimum Gasteiger partial charge on any atom is -0.371 e. The van der Waals surface area contributed by atoms with Crippen LogP contribution >= 0.6 is 11.8 Å². The number of carbonyl (C=O) groups is 1. The molecule has 0 radical (unpaired) electrons. The number of anilines is 1. The second-order valence-corrected chi connectivity index (χ2v) is 11.8. The van der Waals surface area contributed by atoms with Crippen LogP contribution in [0.25, 0.3) is 6.08 Å². The van der Waals surface area contributed by atoms with Crippen LogP contribution in [0.4, 0.5) is 17.1 Å². The van der Waals surface area contributed by atoms with Crippen LogP contribution in [0, 0.1) is 10.1 Å². The third kappa shape index (κ3) is 4.99. The number of nitrogens with zero attached hydrogens (tertiary/aromatic N) is 3. The molecule has 1 saturated heterocycles. The lowest BCUT2D eigenvalue weighted by molar-refractivity contribution is -0.384. The highest BCUT2D eigenvalue weighted by Gasteiger charge is 2.35. The number of non-ortho nitro benzene ring substituents is 1. The summed E-state index contributed by atoms with van der Waals surface area (Å²) in [5.74, 6) is 0.266. The van der Waals surface area contributed by atoms with E-state index in [-0.39, 0.29) is 23.4 Å². The zero-order valence-corrected chi connectivity index (χ0v) is 23.6. The van der Waals surface area contributed by atoms with E-state index in [0.29, 0.717) is 15.6 Å². The molecule has 4 aromatic carbocycles. The number of amides is 1. The summed E-state index contributed by atoms with van der Waals surface area (Å²) in [5.41, 5.74) is 7.89. The van der Waals surface area contributed by atoms with Crippen molar-refractivity contribution in [2.24, 2.45) is 4.99 Å². The predicted octanol–water partition coefficient (Wildman–Crippen LogP) is 7.36. The van der Waals surface area contributed by atoms with Gasteiger partial charge in [-0.2, -0.15) is 0 Å². The molecular formula is C34H28N4O3S. The Morgan fingerprint density at radius 3 is 2.07 bits per heavy atom. The Kier molecular flexibility index (Phi) is 6.83. The van der Waals surface area contributed by atoms with E-state index < -0.39 is 4.92 Å². The smallest absolute Gasteiger partial charge is 0.270 e. The predicted molar refractivity (Wildman–Crippen MR) is 168 cm³/mol. The molecular weight excluding hydrogens is 544 g/mol. The number of hydrogen-bond donors (Lipinski definition) is 1. The first-order valence-electron chi connectivity index (χ1n) is 14.1. The minimum atomic E-state index is -0.439. The molecule has 208 valence electrons. The van der Waals surface area contributed by atoms with Crippen molar-refractivity contribution in [2.45, 2.75) is 24.7 Å². The Morgan fingerprint density at radius 1 is 0.857 bits per heavy atom. The van der Waals surface area contributed by atoms with Gasteiger partial charge >= 0.3 is 0 Å². The van der Waals surface area contributed by atoms with Crippen LogP contribution in [0.15, 0.2) is 107 Å². The van der Waals surface area contributed by atoms with Crippen molar-refractivity contribution in [2.75, 3.05) is 18.0 Å². The quantitative estimate of drug-likeness (QED) is 0.153. The molecule has 42 heavy (non-hydrogen) atoms. The number of amidine groups is 1. The van der Waals surface area contributed by atoms with E-state index in [1.54, 1.807) is 18.2 Å². The van der Waals surface area contributed by atoms with Crippen molar-refractivity contribution in [3.8, 4) is 0 Å². The summed E-state index contributed by atoms with van der Waals surface area (Å²) in [6.45, 7) is 2.04. The number of nitrogens with one attached hydrogen (secondary N) is 1. The fourth-order valence-electron chi connectivity index (χ4n) is 6.38. The van der Waals surface area contributed by atoms with E-state index in [0.717, 1.165) is 31.6 Å². The van der Waals surface area contributed by atoms with Crippen LogP contribution in [0.3, 0.4) is 0 Å². The number of carbonyl (C=O) groups excluding carboxylic acids is 1. The molecule has 1 N–H and O–H groups in total. The number of nitro benzene ring substituents is 1. The molecule has 4 aromatic rings. The SMILES string of the molecule is O=C1NC(=Nc2cc3c4c(c2)[C@H](c2ccccc2)CCN4CC[C@@H]3c2ccccc2)S/C1=C\c1cccc([N+](=O)[O-])c1. The Morgan fingerprint density at radius 2 is 1.48 bits per heavy atom. The molecule has 1 amide bonds. The van der Waals surface area contributed by atoms with Gasteiger partial charge in [-0.3, -0.25) is 14.9 Å². The fraction of sp³-hybridized carbons (Fsp3) is 0.176. The number of thioether (sulfide) groups is 1. The highest BCUT2D eigenvalue weighted by Crippen LogP contribution is 2.50. The molecule has 0 aromatic heterocycles. The zero-order valence-electron chi connectivity index (χ0n) is 22.8. The maximum atomic E-state index is 12.9. The molecule has 2 atom stereocenters. The Labute approximate surface area is 248 Å². The van der Waals surface area contributed by atoms with Crippen molar-refractivity contribution in [3.05, 3.63) is 140 Å². The third-order valence-corrected chi connectivity index (χ3v) is 9.17.